The number of carboxylic acid groups (broad SMARTS) is 1. The van der Waals surface area contributed by atoms with Gasteiger partial charge < -0.3 is 10.4 Å². The largest absolute Gasteiger partial charge is 0.480 e. The second kappa shape index (κ2) is 12.7. The van der Waals surface area contributed by atoms with Crippen LogP contribution in [-0.4, -0.2) is 46.2 Å². The minimum Gasteiger partial charge on any atom is -0.480 e. The van der Waals surface area contributed by atoms with Crippen molar-refractivity contribution < 1.29 is 14.7 Å². The number of hydrogen-bond acceptors (Lipinski definition) is 4. The van der Waals surface area contributed by atoms with Gasteiger partial charge in [0.05, 0.1) is 17.4 Å². The van der Waals surface area contributed by atoms with Crippen LogP contribution in [0.1, 0.15) is 48.8 Å². The highest BCUT2D eigenvalue weighted by Gasteiger charge is 2.32. The third kappa shape index (κ3) is 6.52. The van der Waals surface area contributed by atoms with Crippen LogP contribution in [0.15, 0.2) is 102 Å². The van der Waals surface area contributed by atoms with Gasteiger partial charge >= 0.3 is 5.97 Å². The molecule has 0 aromatic heterocycles. The number of amides is 1. The summed E-state index contributed by atoms with van der Waals surface area (Å²) in [6.45, 7) is 1.60. The lowest BCUT2D eigenvalue weighted by Crippen LogP contribution is -2.39. The number of carbonyl (C=O) groups excluding carboxylic acids is 1. The van der Waals surface area contributed by atoms with Crippen molar-refractivity contribution >= 4 is 23.3 Å². The fourth-order valence-corrected chi connectivity index (χ4v) is 5.62. The fourth-order valence-electron chi connectivity index (χ4n) is 5.62. The van der Waals surface area contributed by atoms with Gasteiger partial charge in [-0.2, -0.15) is 0 Å². The van der Waals surface area contributed by atoms with Crippen molar-refractivity contribution in [1.82, 2.24) is 4.90 Å². The van der Waals surface area contributed by atoms with Crippen molar-refractivity contribution in [3.63, 3.8) is 0 Å². The number of carbonyl (C=O) groups is 2. The minimum absolute atomic E-state index is 0.0479. The van der Waals surface area contributed by atoms with E-state index in [4.69, 9.17) is 4.99 Å². The lowest BCUT2D eigenvalue weighted by molar-refractivity contribution is -0.139. The lowest BCUT2D eigenvalue weighted by atomic mass is 9.89. The number of nitrogens with one attached hydrogen (secondary N) is 1. The van der Waals surface area contributed by atoms with E-state index >= 15 is 0 Å². The van der Waals surface area contributed by atoms with Crippen LogP contribution >= 0.6 is 0 Å². The summed E-state index contributed by atoms with van der Waals surface area (Å²) in [5.41, 5.74) is 3.94. The molecule has 6 nitrogen and oxygen atoms in total. The van der Waals surface area contributed by atoms with Crippen LogP contribution in [0.2, 0.25) is 0 Å². The number of para-hydroxylation sites is 1. The van der Waals surface area contributed by atoms with E-state index in [2.05, 4.69) is 28.4 Å². The highest BCUT2D eigenvalue weighted by Crippen LogP contribution is 2.28. The number of likely N-dealkylation sites (tertiary alicyclic amines) is 1. The Bertz CT molecular complexity index is 1340. The first-order valence-electron chi connectivity index (χ1n) is 13.8. The molecule has 3 aromatic carbocycles. The second-order valence-corrected chi connectivity index (χ2v) is 10.3. The molecule has 0 bridgehead atoms. The molecular formula is C33H35N3O3. The molecule has 1 aliphatic carbocycles. The number of anilines is 1. The molecule has 5 rings (SSSR count). The smallest absolute Gasteiger partial charge is 0.329 e. The fraction of sp³-hybridized carbons (Fsp3) is 0.303. The Hall–Kier alpha value is -4.03. The monoisotopic (exact) mass is 521 g/mol. The molecule has 0 spiro atoms. The van der Waals surface area contributed by atoms with Crippen LogP contribution in [0.3, 0.4) is 0 Å². The SMILES string of the molecule is O=C(O)C(N=C(c1ccccc1)c1ccccc1NC(=O)C1CCCN1Cc1ccccc1)C1C=CCCC1. The molecule has 1 fully saturated rings. The van der Waals surface area contributed by atoms with Gasteiger partial charge in [0.25, 0.3) is 0 Å². The zero-order valence-corrected chi connectivity index (χ0v) is 22.1. The van der Waals surface area contributed by atoms with Gasteiger partial charge in [0.15, 0.2) is 6.04 Å². The first kappa shape index (κ1) is 26.6. The van der Waals surface area contributed by atoms with E-state index in [1.165, 1.54) is 5.56 Å². The van der Waals surface area contributed by atoms with Gasteiger partial charge in [0, 0.05) is 23.6 Å². The highest BCUT2D eigenvalue weighted by atomic mass is 16.4. The maximum Gasteiger partial charge on any atom is 0.329 e. The van der Waals surface area contributed by atoms with Gasteiger partial charge in [-0.05, 0) is 50.3 Å². The summed E-state index contributed by atoms with van der Waals surface area (Å²) in [6.07, 6.45) is 8.52. The quantitative estimate of drug-likeness (QED) is 0.270. The molecule has 0 radical (unpaired) electrons. The van der Waals surface area contributed by atoms with Crippen molar-refractivity contribution in [3.05, 3.63) is 114 Å². The molecule has 2 aliphatic rings. The van der Waals surface area contributed by atoms with E-state index in [9.17, 15) is 14.7 Å². The van der Waals surface area contributed by atoms with E-state index in [0.29, 0.717) is 11.4 Å². The molecule has 3 atom stereocenters. The molecule has 1 amide bonds. The Morgan fingerprint density at radius 3 is 2.36 bits per heavy atom. The number of benzene rings is 3. The number of nitrogens with zero attached hydrogens (tertiary/aromatic N) is 2. The van der Waals surface area contributed by atoms with Crippen LogP contribution in [0.25, 0.3) is 0 Å². The molecule has 3 unspecified atom stereocenters. The van der Waals surface area contributed by atoms with Crippen molar-refractivity contribution in [3.8, 4) is 0 Å². The molecule has 39 heavy (non-hydrogen) atoms. The van der Waals surface area contributed by atoms with Gasteiger partial charge in [0.1, 0.15) is 0 Å². The van der Waals surface area contributed by atoms with E-state index < -0.39 is 12.0 Å². The lowest BCUT2D eigenvalue weighted by Gasteiger charge is -2.25. The number of rotatable bonds is 9. The van der Waals surface area contributed by atoms with Crippen molar-refractivity contribution in [2.75, 3.05) is 11.9 Å². The van der Waals surface area contributed by atoms with E-state index in [0.717, 1.165) is 56.3 Å². The first-order chi connectivity index (χ1) is 19.1. The third-order valence-electron chi connectivity index (χ3n) is 7.60. The Morgan fingerprint density at radius 1 is 0.923 bits per heavy atom. The zero-order valence-electron chi connectivity index (χ0n) is 22.1. The zero-order chi connectivity index (χ0) is 27.0. The standard InChI is InChI=1S/C33H35N3O3/c37-32(29-21-12-22-36(29)23-24-13-4-1-5-14-24)34-28-20-11-10-19-27(28)30(25-15-6-2-7-16-25)35-31(33(38)39)26-17-8-3-9-18-26/h1-2,4-8,10-11,13-17,19-20,26,29,31H,3,9,12,18,21-23H2,(H,34,37)(H,38,39). The molecule has 2 N–H and O–H groups in total. The van der Waals surface area contributed by atoms with Gasteiger partial charge in [0.2, 0.25) is 5.91 Å². The van der Waals surface area contributed by atoms with Crippen molar-refractivity contribution in [1.29, 1.82) is 0 Å². The van der Waals surface area contributed by atoms with Crippen LogP contribution in [-0.2, 0) is 16.1 Å². The van der Waals surface area contributed by atoms with Gasteiger partial charge in [-0.25, -0.2) is 4.79 Å². The Labute approximate surface area is 230 Å². The maximum absolute atomic E-state index is 13.6. The van der Waals surface area contributed by atoms with Gasteiger partial charge in [-0.3, -0.25) is 14.7 Å². The number of hydrogen-bond donors (Lipinski definition) is 2. The summed E-state index contributed by atoms with van der Waals surface area (Å²) >= 11 is 0. The average molecular weight is 522 g/mol. The molecule has 1 heterocycles. The van der Waals surface area contributed by atoms with Crippen LogP contribution in [0.5, 0.6) is 0 Å². The van der Waals surface area contributed by atoms with Gasteiger partial charge in [-0.15, -0.1) is 0 Å². The summed E-state index contributed by atoms with van der Waals surface area (Å²) < 4.78 is 0. The molecule has 0 saturated carbocycles. The van der Waals surface area contributed by atoms with Crippen LogP contribution in [0, 0.1) is 5.92 Å². The Balaban J connectivity index is 1.46. The van der Waals surface area contributed by atoms with Gasteiger partial charge in [-0.1, -0.05) is 91.0 Å². The number of aliphatic carboxylic acids is 1. The van der Waals surface area contributed by atoms with Crippen molar-refractivity contribution in [2.24, 2.45) is 10.9 Å². The third-order valence-corrected chi connectivity index (χ3v) is 7.60. The summed E-state index contributed by atoms with van der Waals surface area (Å²) in [5.74, 6) is -1.15. The molecule has 6 heteroatoms. The van der Waals surface area contributed by atoms with E-state index in [1.807, 2.05) is 78.9 Å². The Kier molecular flexibility index (Phi) is 8.64. The van der Waals surface area contributed by atoms with E-state index in [1.54, 1.807) is 0 Å². The topological polar surface area (TPSA) is 82.0 Å². The molecule has 1 aliphatic heterocycles. The summed E-state index contributed by atoms with van der Waals surface area (Å²) in [5, 5.41) is 13.3. The predicted molar refractivity (Wildman–Crippen MR) is 155 cm³/mol. The first-order valence-corrected chi connectivity index (χ1v) is 13.8. The Morgan fingerprint density at radius 2 is 1.64 bits per heavy atom. The van der Waals surface area contributed by atoms with E-state index in [-0.39, 0.29) is 17.9 Å². The number of aliphatic imine (C=N–C) groups is 1. The molecule has 200 valence electrons. The molecule has 3 aromatic rings. The van der Waals surface area contributed by atoms with Crippen molar-refractivity contribution in [2.45, 2.75) is 50.7 Å². The minimum atomic E-state index is -0.941. The summed E-state index contributed by atoms with van der Waals surface area (Å²) in [4.78, 5) is 33.1. The normalized spacial score (nSPS) is 20.5. The van der Waals surface area contributed by atoms with Crippen LogP contribution < -0.4 is 5.32 Å². The second-order valence-electron chi connectivity index (χ2n) is 10.3. The molecule has 1 saturated heterocycles. The number of carboxylic acids is 1. The molecular weight excluding hydrogens is 486 g/mol. The highest BCUT2D eigenvalue weighted by molar-refractivity contribution is 6.17. The maximum atomic E-state index is 13.6. The van der Waals surface area contributed by atoms with Crippen LogP contribution in [0.4, 0.5) is 5.69 Å². The number of allylic oxidation sites excluding steroid dienone is 1. The summed E-state index contributed by atoms with van der Waals surface area (Å²) in [7, 11) is 0. The summed E-state index contributed by atoms with van der Waals surface area (Å²) in [6, 6.07) is 26.3. The predicted octanol–water partition coefficient (Wildman–Crippen LogP) is 5.94. The average Bonchev–Trinajstić information content (AvgIpc) is 3.44.